The molecule has 0 aliphatic rings. The van der Waals surface area contributed by atoms with Crippen LogP contribution in [0.25, 0.3) is 11.0 Å². The highest BCUT2D eigenvalue weighted by atomic mass is 16.5. The number of nitrogens with one attached hydrogen (secondary N) is 2. The van der Waals surface area contributed by atoms with Crippen LogP contribution in [0.5, 0.6) is 5.75 Å². The van der Waals surface area contributed by atoms with E-state index in [4.69, 9.17) is 4.74 Å². The van der Waals surface area contributed by atoms with E-state index in [0.29, 0.717) is 13.0 Å². The fraction of sp³-hybridized carbons (Fsp3) is 0.333. The second kappa shape index (κ2) is 8.04. The van der Waals surface area contributed by atoms with Gasteiger partial charge in [0.05, 0.1) is 30.1 Å². The van der Waals surface area contributed by atoms with Gasteiger partial charge in [0.15, 0.2) is 0 Å². The lowest BCUT2D eigenvalue weighted by atomic mass is 10.0. The molecule has 0 aliphatic heterocycles. The highest BCUT2D eigenvalue weighted by Gasteiger charge is 2.21. The van der Waals surface area contributed by atoms with E-state index in [1.807, 2.05) is 55.5 Å². The van der Waals surface area contributed by atoms with Gasteiger partial charge in [0.2, 0.25) is 5.91 Å². The second-order valence-electron chi connectivity index (χ2n) is 6.68. The fourth-order valence-corrected chi connectivity index (χ4v) is 2.95. The van der Waals surface area contributed by atoms with Crippen LogP contribution in [0.15, 0.2) is 48.5 Å². The molecule has 0 aliphatic carbocycles. The number of aromatic amines is 1. The Bertz CT molecular complexity index is 835. The number of para-hydroxylation sites is 2. The summed E-state index contributed by atoms with van der Waals surface area (Å²) in [6.45, 7) is 6.74. The number of amides is 1. The summed E-state index contributed by atoms with van der Waals surface area (Å²) in [5.41, 5.74) is 2.85. The average Bonchev–Trinajstić information content (AvgIpc) is 3.05. The molecule has 1 atom stereocenters. The molecule has 1 unspecified atom stereocenters. The Morgan fingerprint density at radius 1 is 1.15 bits per heavy atom. The number of hydrogen-bond acceptors (Lipinski definition) is 3. The molecule has 136 valence electrons. The quantitative estimate of drug-likeness (QED) is 0.676. The Balaban J connectivity index is 1.70. The minimum Gasteiger partial charge on any atom is -0.494 e. The van der Waals surface area contributed by atoms with E-state index < -0.39 is 0 Å². The van der Waals surface area contributed by atoms with Gasteiger partial charge in [0.25, 0.3) is 0 Å². The lowest BCUT2D eigenvalue weighted by Crippen LogP contribution is -2.33. The first-order chi connectivity index (χ1) is 12.6. The maximum Gasteiger partial charge on any atom is 0.225 e. The highest BCUT2D eigenvalue weighted by Crippen LogP contribution is 2.22. The molecular weight excluding hydrogens is 326 g/mol. The van der Waals surface area contributed by atoms with E-state index in [1.165, 1.54) is 0 Å². The second-order valence-corrected chi connectivity index (χ2v) is 6.68. The Morgan fingerprint density at radius 3 is 2.54 bits per heavy atom. The number of carbonyl (C=O) groups excluding carboxylic acids is 1. The Hall–Kier alpha value is -2.82. The monoisotopic (exact) mass is 351 g/mol. The highest BCUT2D eigenvalue weighted by molar-refractivity contribution is 5.79. The largest absolute Gasteiger partial charge is 0.494 e. The van der Waals surface area contributed by atoms with E-state index >= 15 is 0 Å². The zero-order valence-electron chi connectivity index (χ0n) is 15.5. The van der Waals surface area contributed by atoms with Crippen LogP contribution in [-0.4, -0.2) is 22.5 Å². The number of fused-ring (bicyclic) bond motifs is 1. The minimum atomic E-state index is -0.155. The first-order valence-corrected chi connectivity index (χ1v) is 9.02. The van der Waals surface area contributed by atoms with Gasteiger partial charge in [0, 0.05) is 0 Å². The number of H-pyrrole nitrogens is 1. The topological polar surface area (TPSA) is 67.0 Å². The molecule has 26 heavy (non-hydrogen) atoms. The van der Waals surface area contributed by atoms with E-state index in [9.17, 15) is 4.79 Å². The summed E-state index contributed by atoms with van der Waals surface area (Å²) in [6.07, 6.45) is 0.329. The molecule has 0 saturated carbocycles. The van der Waals surface area contributed by atoms with Gasteiger partial charge in [-0.15, -0.1) is 0 Å². The van der Waals surface area contributed by atoms with Crippen molar-refractivity contribution in [1.29, 1.82) is 0 Å². The van der Waals surface area contributed by atoms with Crippen molar-refractivity contribution in [3.63, 3.8) is 0 Å². The fourth-order valence-electron chi connectivity index (χ4n) is 2.95. The summed E-state index contributed by atoms with van der Waals surface area (Å²) in [5.74, 6) is 1.81. The maximum absolute atomic E-state index is 12.5. The number of carbonyl (C=O) groups is 1. The molecule has 3 rings (SSSR count). The summed E-state index contributed by atoms with van der Waals surface area (Å²) in [7, 11) is 0. The predicted octanol–water partition coefficient (Wildman–Crippen LogP) is 4.02. The minimum absolute atomic E-state index is 0.0201. The Labute approximate surface area is 153 Å². The van der Waals surface area contributed by atoms with Crippen LogP contribution in [0.4, 0.5) is 0 Å². The summed E-state index contributed by atoms with van der Waals surface area (Å²) < 4.78 is 5.44. The standard InChI is InChI=1S/C21H25N3O2/c1-4-26-16-11-9-15(10-12-16)13-19(25)24-20(14(2)3)21-22-17-7-5-6-8-18(17)23-21/h5-12,14,20H,4,13H2,1-3H3,(H,22,23)(H,24,25). The summed E-state index contributed by atoms with van der Waals surface area (Å²) in [5, 5.41) is 3.12. The third kappa shape index (κ3) is 4.23. The van der Waals surface area contributed by atoms with Crippen LogP contribution < -0.4 is 10.1 Å². The average molecular weight is 351 g/mol. The first-order valence-electron chi connectivity index (χ1n) is 9.02. The molecule has 0 saturated heterocycles. The number of benzene rings is 2. The number of aromatic nitrogens is 2. The summed E-state index contributed by atoms with van der Waals surface area (Å²) in [6, 6.07) is 15.4. The molecule has 2 N–H and O–H groups in total. The zero-order chi connectivity index (χ0) is 18.5. The van der Waals surface area contributed by atoms with E-state index in [2.05, 4.69) is 29.1 Å². The van der Waals surface area contributed by atoms with Crippen LogP contribution in [0.1, 0.15) is 38.2 Å². The summed E-state index contributed by atoms with van der Waals surface area (Å²) in [4.78, 5) is 20.5. The zero-order valence-corrected chi connectivity index (χ0v) is 15.5. The molecule has 3 aromatic rings. The number of ether oxygens (including phenoxy) is 1. The molecule has 1 aromatic heterocycles. The van der Waals surface area contributed by atoms with Gasteiger partial charge in [-0.1, -0.05) is 38.1 Å². The van der Waals surface area contributed by atoms with Crippen LogP contribution in [0, 0.1) is 5.92 Å². The van der Waals surface area contributed by atoms with Crippen molar-refractivity contribution in [1.82, 2.24) is 15.3 Å². The Kier molecular flexibility index (Phi) is 5.56. The van der Waals surface area contributed by atoms with Gasteiger partial charge in [-0.3, -0.25) is 4.79 Å². The van der Waals surface area contributed by atoms with Crippen molar-refractivity contribution < 1.29 is 9.53 Å². The molecule has 0 radical (unpaired) electrons. The molecule has 5 nitrogen and oxygen atoms in total. The van der Waals surface area contributed by atoms with Crippen molar-refractivity contribution in [3.8, 4) is 5.75 Å². The van der Waals surface area contributed by atoms with Gasteiger partial charge in [-0.05, 0) is 42.7 Å². The predicted molar refractivity (Wildman–Crippen MR) is 103 cm³/mol. The lowest BCUT2D eigenvalue weighted by Gasteiger charge is -2.20. The van der Waals surface area contributed by atoms with Gasteiger partial charge in [-0.25, -0.2) is 4.98 Å². The SMILES string of the molecule is CCOc1ccc(CC(=O)NC(c2nc3ccccc3[nH]2)C(C)C)cc1. The third-order valence-corrected chi connectivity index (χ3v) is 4.28. The summed E-state index contributed by atoms with van der Waals surface area (Å²) >= 11 is 0. The molecule has 1 heterocycles. The van der Waals surface area contributed by atoms with Crippen molar-refractivity contribution >= 4 is 16.9 Å². The van der Waals surface area contributed by atoms with Gasteiger partial charge >= 0.3 is 0 Å². The third-order valence-electron chi connectivity index (χ3n) is 4.28. The van der Waals surface area contributed by atoms with Gasteiger partial charge in [-0.2, -0.15) is 0 Å². The molecule has 1 amide bonds. The Morgan fingerprint density at radius 2 is 1.88 bits per heavy atom. The van der Waals surface area contributed by atoms with E-state index in [1.54, 1.807) is 0 Å². The smallest absolute Gasteiger partial charge is 0.225 e. The molecule has 5 heteroatoms. The van der Waals surface area contributed by atoms with Crippen molar-refractivity contribution in [3.05, 3.63) is 59.9 Å². The molecule has 0 spiro atoms. The van der Waals surface area contributed by atoms with E-state index in [0.717, 1.165) is 28.2 Å². The van der Waals surface area contributed by atoms with Crippen molar-refractivity contribution in [2.75, 3.05) is 6.61 Å². The van der Waals surface area contributed by atoms with Gasteiger partial charge in [0.1, 0.15) is 11.6 Å². The van der Waals surface area contributed by atoms with Crippen LogP contribution in [0.3, 0.4) is 0 Å². The van der Waals surface area contributed by atoms with Crippen molar-refractivity contribution in [2.24, 2.45) is 5.92 Å². The lowest BCUT2D eigenvalue weighted by molar-refractivity contribution is -0.121. The number of nitrogens with zero attached hydrogens (tertiary/aromatic N) is 1. The first kappa shape index (κ1) is 18.0. The van der Waals surface area contributed by atoms with Crippen molar-refractivity contribution in [2.45, 2.75) is 33.2 Å². The van der Waals surface area contributed by atoms with Crippen LogP contribution in [0.2, 0.25) is 0 Å². The van der Waals surface area contributed by atoms with Gasteiger partial charge < -0.3 is 15.0 Å². The number of imidazole rings is 1. The number of rotatable bonds is 7. The number of hydrogen-bond donors (Lipinski definition) is 2. The molecule has 2 aromatic carbocycles. The molecular formula is C21H25N3O2. The van der Waals surface area contributed by atoms with E-state index in [-0.39, 0.29) is 17.9 Å². The normalized spacial score (nSPS) is 12.3. The maximum atomic E-state index is 12.5. The molecule has 0 fully saturated rings. The van der Waals surface area contributed by atoms with Crippen LogP contribution >= 0.6 is 0 Å². The molecule has 0 bridgehead atoms. The van der Waals surface area contributed by atoms with Crippen LogP contribution in [-0.2, 0) is 11.2 Å².